The molecule has 0 bridgehead atoms. The van der Waals surface area contributed by atoms with Gasteiger partial charge in [0.15, 0.2) is 0 Å². The van der Waals surface area contributed by atoms with Crippen LogP contribution >= 0.6 is 11.8 Å². The monoisotopic (exact) mass is 946 g/mol. The molecule has 0 aromatic heterocycles. The van der Waals surface area contributed by atoms with Gasteiger partial charge in [-0.1, -0.05) is 46.8 Å². The first-order chi connectivity index (χ1) is 36.4. The molecule has 0 N–H and O–H groups in total. The Morgan fingerprint density at radius 2 is 0.649 bits per heavy atom. The molecule has 1 fully saturated rings. The van der Waals surface area contributed by atoms with E-state index in [0.717, 1.165) is 0 Å². The first-order valence-corrected chi connectivity index (χ1v) is 31.3. The summed E-state index contributed by atoms with van der Waals surface area (Å²) in [6.45, 7) is 13.1. The maximum atomic E-state index is 2.79. The van der Waals surface area contributed by atoms with Crippen molar-refractivity contribution < 1.29 is 0 Å². The highest BCUT2D eigenvalue weighted by molar-refractivity contribution is 8.00. The zero-order valence-corrected chi connectivity index (χ0v) is 42.0. The lowest BCUT2D eigenvalue weighted by Gasteiger charge is -2.65. The van der Waals surface area contributed by atoms with E-state index in [-0.39, 0.29) is 15.6 Å². The van der Waals surface area contributed by atoms with E-state index in [9.17, 15) is 0 Å². The van der Waals surface area contributed by atoms with Crippen molar-refractivity contribution in [2.24, 2.45) is 11.8 Å². The second-order valence-electron chi connectivity index (χ2n) is 32.4. The van der Waals surface area contributed by atoms with Gasteiger partial charge in [-0.2, -0.15) is 0 Å². The highest BCUT2D eigenvalue weighted by atomic mass is 32.2. The third kappa shape index (κ3) is 1.74. The first kappa shape index (κ1) is 31.0. The lowest BCUT2D eigenvalue weighted by Crippen LogP contribution is -2.62. The van der Waals surface area contributed by atoms with Gasteiger partial charge in [0, 0.05) is 10.3 Å². The number of fused-ring (bicyclic) bond motifs is 1. The van der Waals surface area contributed by atoms with Gasteiger partial charge >= 0.3 is 0 Å². The Balaban J connectivity index is 1.00. The van der Waals surface area contributed by atoms with Gasteiger partial charge in [0.2, 0.25) is 0 Å². The van der Waals surface area contributed by atoms with Crippen LogP contribution in [0.15, 0.2) is 17.0 Å². The summed E-state index contributed by atoms with van der Waals surface area (Å²) in [5, 5.41) is 30.8. The number of rotatable bonds is 1. The lowest BCUT2D eigenvalue weighted by molar-refractivity contribution is 0.0334. The van der Waals surface area contributed by atoms with Crippen molar-refractivity contribution >= 4 is 97.9 Å². The van der Waals surface area contributed by atoms with Gasteiger partial charge in [-0.3, -0.25) is 0 Å². The molecule has 11 aromatic carbocycles. The van der Waals surface area contributed by atoms with E-state index < -0.39 is 0 Å². The van der Waals surface area contributed by atoms with E-state index in [1.165, 1.54) is 0 Å². The van der Waals surface area contributed by atoms with Crippen LogP contribution in [0.2, 0.25) is 0 Å². The van der Waals surface area contributed by atoms with Crippen LogP contribution in [0, 0.1) is 11.8 Å². The van der Waals surface area contributed by atoms with Crippen LogP contribution in [0.1, 0.15) is 275 Å². The minimum Gasteiger partial charge on any atom is -0.112 e. The molecule has 34 rings (SSSR count). The van der Waals surface area contributed by atoms with Gasteiger partial charge in [-0.15, -0.1) is 11.8 Å². The largest absolute Gasteiger partial charge is 0.112 e. The quantitative estimate of drug-likeness (QED) is 0.148. The summed E-state index contributed by atoms with van der Waals surface area (Å²) in [6, 6.07) is 5.51. The summed E-state index contributed by atoms with van der Waals surface area (Å²) in [4.78, 5) is 1.81. The minimum atomic E-state index is -0.0198. The van der Waals surface area contributed by atoms with Crippen molar-refractivity contribution in [1.29, 1.82) is 0 Å². The molecule has 0 nitrogen and oxygen atoms in total. The molecule has 1 aliphatic heterocycles. The molecule has 2 spiro atoms. The number of hydrogen-bond donors (Lipinski definition) is 0. The van der Waals surface area contributed by atoms with Crippen LogP contribution in [0.3, 0.4) is 0 Å². The van der Waals surface area contributed by atoms with Crippen molar-refractivity contribution in [1.82, 2.24) is 0 Å². The zero-order valence-electron chi connectivity index (χ0n) is 41.2. The summed E-state index contributed by atoms with van der Waals surface area (Å²) in [5.41, 5.74) is 50.1. The van der Waals surface area contributed by atoms with Crippen LogP contribution in [0.25, 0.3) is 97.3 Å². The third-order valence-corrected chi connectivity index (χ3v) is 33.6. The third-order valence-electron chi connectivity index (χ3n) is 31.8. The van der Waals surface area contributed by atoms with Gasteiger partial charge in [0.25, 0.3) is 0 Å². The van der Waals surface area contributed by atoms with Crippen molar-refractivity contribution in [3.8, 4) is 11.1 Å². The Morgan fingerprint density at radius 3 is 1.07 bits per heavy atom. The zero-order chi connectivity index (χ0) is 45.0. The molecule has 1 heteroatoms. The van der Waals surface area contributed by atoms with Gasteiger partial charge < -0.3 is 0 Å². The van der Waals surface area contributed by atoms with Gasteiger partial charge in [0.1, 0.15) is 0 Å². The fourth-order valence-corrected chi connectivity index (χ4v) is 35.4. The van der Waals surface area contributed by atoms with Crippen molar-refractivity contribution in [3.05, 3.63) is 140 Å². The molecule has 0 radical (unpaired) electrons. The molecule has 74 heavy (non-hydrogen) atoms. The van der Waals surface area contributed by atoms with Crippen molar-refractivity contribution in [3.63, 3.8) is 0 Å². The van der Waals surface area contributed by atoms with Crippen LogP contribution < -0.4 is 0 Å². The Labute approximate surface area is 426 Å². The number of hydrogen-bond acceptors (Lipinski definition) is 1. The van der Waals surface area contributed by atoms with Crippen molar-refractivity contribution in [2.75, 3.05) is 0 Å². The molecule has 22 unspecified atom stereocenters. The molecule has 336 valence electrons. The summed E-state index contributed by atoms with van der Waals surface area (Å²) < 4.78 is 0.0217. The van der Waals surface area contributed by atoms with E-state index >= 15 is 0 Å². The van der Waals surface area contributed by atoms with Gasteiger partial charge in [0.05, 0.1) is 4.75 Å². The molecule has 23 aliphatic rings. The average Bonchev–Trinajstić information content (AvgIpc) is 3.99. The molecular formula is C73H38S. The Morgan fingerprint density at radius 1 is 0.338 bits per heavy atom. The van der Waals surface area contributed by atoms with E-state index in [1.807, 2.05) is 208 Å². The number of thioether (sulfide) groups is 1. The van der Waals surface area contributed by atoms with Gasteiger partial charge in [-0.05, 0) is 355 Å². The molecule has 1 heterocycles. The molecule has 0 saturated heterocycles. The average molecular weight is 947 g/mol. The molecule has 22 atom stereocenters. The lowest BCUT2D eigenvalue weighted by atomic mass is 9.39. The van der Waals surface area contributed by atoms with Crippen molar-refractivity contribution in [2.45, 2.75) is 168 Å². The molecule has 22 aliphatic carbocycles. The predicted molar refractivity (Wildman–Crippen MR) is 289 cm³/mol. The normalized spacial score (nSPS) is 46.4. The molecular weight excluding hydrogens is 909 g/mol. The fraction of sp³-hybridized carbons (Fsp3) is 0.397. The summed E-state index contributed by atoms with van der Waals surface area (Å²) >= 11 is 2.64. The van der Waals surface area contributed by atoms with E-state index in [4.69, 9.17) is 0 Å². The smallest absolute Gasteiger partial charge is 0.0645 e. The number of benzene rings is 10. The first-order valence-electron chi connectivity index (χ1n) is 30.5. The Hall–Kier alpha value is -5.37. The topological polar surface area (TPSA) is 0 Å². The van der Waals surface area contributed by atoms with E-state index in [0.29, 0.717) is 124 Å². The second kappa shape index (κ2) is 7.17. The van der Waals surface area contributed by atoms with Crippen LogP contribution in [-0.2, 0) is 15.6 Å². The SMILES string of the molecule is CC(C)c1ccc(C(C)(C)C)c2c1SC13c4c5c6c7c8c9c%10c%11c%12c%13c%14c%15c(c%16c%13c%10c7c4-%16)C21C1C%15C2c4c7c%10c%13c%15c%16c%17c%18c%19c%20c%21c%22c%23c(c4c4c%22c%19c%16c%104)C2C%14C%12C%23C%21C%11C9C%20C%18C8C6C%17C%15C5C3C%13C71. The standard InChI is InChI=1S/C73H38S/c1-8(2)9-6-7-10(71(3,4)5)65-70(9)74-73-68-61-55-45-33-25-17-13-11-12-15-19(17)27(33)37-31-23(15)24-16(12)20-18-14(11)22-21(13)29-35(25)43-49-39(29)40-30(22)36-26(18)34-28(20)38-32(24)42-41(31)53(47(37)55)63(68)64-54(42)48(38)56-46(34)52-44(36)50(40)58-57(49)66(59(61)51(43)45)72(65,73)67(58)60(52)62(56)69(64)73/h6-8,13,15,17,19,21,23,29,31,39-42,50,54,58,60,62,64,67,69H,1-5H3. The van der Waals surface area contributed by atoms with Crippen LogP contribution in [0.4, 0.5) is 0 Å². The predicted octanol–water partition coefficient (Wildman–Crippen LogP) is 16.9. The van der Waals surface area contributed by atoms with E-state index in [2.05, 4.69) is 69.6 Å². The highest BCUT2D eigenvalue weighted by Crippen LogP contribution is 3.01. The molecule has 11 aromatic rings. The highest BCUT2D eigenvalue weighted by Gasteiger charge is 2.90. The molecule has 1 saturated carbocycles. The van der Waals surface area contributed by atoms with Gasteiger partial charge in [-0.25, -0.2) is 0 Å². The summed E-state index contributed by atoms with van der Waals surface area (Å²) in [6.07, 6.45) is 0. The Bertz CT molecular complexity index is 5650. The summed E-state index contributed by atoms with van der Waals surface area (Å²) in [7, 11) is 0. The Kier molecular flexibility index (Phi) is 3.00. The van der Waals surface area contributed by atoms with E-state index in [1.54, 1.807) is 11.1 Å². The maximum absolute atomic E-state index is 2.79. The summed E-state index contributed by atoms with van der Waals surface area (Å²) in [5.74, 6) is 13.6. The fourth-order valence-electron chi connectivity index (χ4n) is 33.0. The van der Waals surface area contributed by atoms with Crippen LogP contribution in [-0.4, -0.2) is 0 Å². The van der Waals surface area contributed by atoms with Crippen LogP contribution in [0.5, 0.6) is 0 Å². The second-order valence-corrected chi connectivity index (χ2v) is 33.7. The maximum Gasteiger partial charge on any atom is 0.0645 e. The molecule has 0 amide bonds. The minimum absolute atomic E-state index is 0.0198.